The number of rotatable bonds is 10. The Labute approximate surface area is 192 Å². The van der Waals surface area contributed by atoms with E-state index in [2.05, 4.69) is 5.32 Å². The van der Waals surface area contributed by atoms with Crippen LogP contribution in [0.4, 0.5) is 5.69 Å². The van der Waals surface area contributed by atoms with Crippen molar-refractivity contribution in [3.05, 3.63) is 61.4 Å². The Balaban J connectivity index is 2.65. The number of nitro groups is 1. The molecule has 1 aromatic carbocycles. The lowest BCUT2D eigenvalue weighted by atomic mass is 9.79. The van der Waals surface area contributed by atoms with Gasteiger partial charge in [0.15, 0.2) is 0 Å². The van der Waals surface area contributed by atoms with Crippen molar-refractivity contribution in [2.75, 3.05) is 13.2 Å². The summed E-state index contributed by atoms with van der Waals surface area (Å²) in [7, 11) is 0. The average Bonchev–Trinajstić information content (AvgIpc) is 2.73. The van der Waals surface area contributed by atoms with Crippen molar-refractivity contribution in [3.63, 3.8) is 0 Å². The number of hydrogen-bond acceptors (Lipinski definition) is 7. The molecule has 0 unspecified atom stereocenters. The van der Waals surface area contributed by atoms with Crippen molar-refractivity contribution >= 4 is 29.2 Å². The second kappa shape index (κ2) is 11.7. The summed E-state index contributed by atoms with van der Waals surface area (Å²) in [6.45, 7) is 7.68. The number of allylic oxidation sites excluding steroid dienone is 2. The maximum absolute atomic E-state index is 13.1. The van der Waals surface area contributed by atoms with Crippen LogP contribution in [0.2, 0.25) is 5.02 Å². The Kier molecular flexibility index (Phi) is 9.26. The topological polar surface area (TPSA) is 108 Å². The molecule has 1 aliphatic heterocycles. The van der Waals surface area contributed by atoms with E-state index in [0.717, 1.165) is 12.8 Å². The third kappa shape index (κ3) is 5.88. The third-order valence-corrected chi connectivity index (χ3v) is 5.39. The van der Waals surface area contributed by atoms with Gasteiger partial charge in [-0.05, 0) is 38.8 Å². The molecule has 1 heterocycles. The van der Waals surface area contributed by atoms with Gasteiger partial charge in [0.2, 0.25) is 0 Å². The molecule has 0 amide bonds. The van der Waals surface area contributed by atoms with Crippen LogP contribution in [-0.4, -0.2) is 30.1 Å². The zero-order chi connectivity index (χ0) is 23.8. The molecule has 2 rings (SSSR count). The van der Waals surface area contributed by atoms with Gasteiger partial charge in [-0.1, -0.05) is 38.3 Å². The first kappa shape index (κ1) is 25.4. The number of unbranched alkanes of at least 4 members (excludes halogenated alkanes) is 2. The summed E-state index contributed by atoms with van der Waals surface area (Å²) in [5.74, 6) is -2.35. The van der Waals surface area contributed by atoms with Crippen LogP contribution < -0.4 is 5.32 Å². The number of hydrogen-bond donors (Lipinski definition) is 1. The molecule has 0 radical (unpaired) electrons. The second-order valence-corrected chi connectivity index (χ2v) is 8.01. The van der Waals surface area contributed by atoms with Gasteiger partial charge >= 0.3 is 11.9 Å². The van der Waals surface area contributed by atoms with Crippen LogP contribution >= 0.6 is 11.6 Å². The number of nitro benzene ring substituents is 1. The lowest BCUT2D eigenvalue weighted by Gasteiger charge is -2.30. The van der Waals surface area contributed by atoms with Crippen LogP contribution in [0.5, 0.6) is 0 Å². The van der Waals surface area contributed by atoms with E-state index in [4.69, 9.17) is 21.1 Å². The predicted octanol–water partition coefficient (Wildman–Crippen LogP) is 5.17. The van der Waals surface area contributed by atoms with E-state index in [9.17, 15) is 19.7 Å². The summed E-state index contributed by atoms with van der Waals surface area (Å²) in [5, 5.41) is 15.1. The molecule has 0 aromatic heterocycles. The molecular formula is C23H29ClN2O6. The highest BCUT2D eigenvalue weighted by Crippen LogP contribution is 2.43. The van der Waals surface area contributed by atoms with E-state index in [0.29, 0.717) is 24.2 Å². The summed E-state index contributed by atoms with van der Waals surface area (Å²) in [6, 6.07) is 4.08. The molecule has 0 bridgehead atoms. The number of halogens is 1. The number of nitrogens with zero attached hydrogens (tertiary/aromatic N) is 1. The molecule has 8 nitrogen and oxygen atoms in total. The molecule has 9 heteroatoms. The standard InChI is InChI=1S/C23H29ClN2O6/c1-5-7-11-31-22(27)19-14(3)25-15(4)20(23(28)32-12-8-6-2)21(19)17-13-16(24)9-10-18(17)26(29)30/h9-10,13,21,25H,5-8,11-12H2,1-4H3. The minimum Gasteiger partial charge on any atom is -0.462 e. The number of nitrogens with one attached hydrogen (secondary N) is 1. The zero-order valence-corrected chi connectivity index (χ0v) is 19.6. The predicted molar refractivity (Wildman–Crippen MR) is 121 cm³/mol. The molecule has 1 N–H and O–H groups in total. The Morgan fingerprint density at radius 2 is 1.53 bits per heavy atom. The van der Waals surface area contributed by atoms with E-state index >= 15 is 0 Å². The molecule has 174 valence electrons. The number of carbonyl (C=O) groups excluding carboxylic acids is 2. The number of benzene rings is 1. The van der Waals surface area contributed by atoms with E-state index < -0.39 is 22.8 Å². The first-order chi connectivity index (χ1) is 15.2. The molecule has 0 saturated heterocycles. The van der Waals surface area contributed by atoms with E-state index in [1.807, 2.05) is 13.8 Å². The van der Waals surface area contributed by atoms with Gasteiger partial charge in [0, 0.05) is 28.0 Å². The average molecular weight is 465 g/mol. The third-order valence-electron chi connectivity index (χ3n) is 5.16. The fraction of sp³-hybridized carbons (Fsp3) is 0.478. The molecule has 0 spiro atoms. The molecule has 0 fully saturated rings. The molecule has 0 aliphatic carbocycles. The maximum Gasteiger partial charge on any atom is 0.336 e. The quantitative estimate of drug-likeness (QED) is 0.220. The van der Waals surface area contributed by atoms with Gasteiger partial charge < -0.3 is 14.8 Å². The molecule has 1 aliphatic rings. The van der Waals surface area contributed by atoms with Crippen molar-refractivity contribution in [2.24, 2.45) is 0 Å². The van der Waals surface area contributed by atoms with Gasteiger partial charge in [0.25, 0.3) is 5.69 Å². The highest BCUT2D eigenvalue weighted by molar-refractivity contribution is 6.30. The second-order valence-electron chi connectivity index (χ2n) is 7.57. The molecular weight excluding hydrogens is 436 g/mol. The molecule has 0 saturated carbocycles. The Hall–Kier alpha value is -2.87. The number of ether oxygens (including phenoxy) is 2. The highest BCUT2D eigenvalue weighted by atomic mass is 35.5. The van der Waals surface area contributed by atoms with Crippen LogP contribution in [-0.2, 0) is 19.1 Å². The Morgan fingerprint density at radius 3 is 1.97 bits per heavy atom. The van der Waals surface area contributed by atoms with Gasteiger partial charge in [-0.3, -0.25) is 10.1 Å². The van der Waals surface area contributed by atoms with E-state index in [1.165, 1.54) is 18.2 Å². The highest BCUT2D eigenvalue weighted by Gasteiger charge is 2.41. The Bertz CT molecular complexity index is 910. The normalized spacial score (nSPS) is 14.3. The maximum atomic E-state index is 13.1. The summed E-state index contributed by atoms with van der Waals surface area (Å²) in [6.07, 6.45) is 3.02. The van der Waals surface area contributed by atoms with Gasteiger partial charge in [-0.2, -0.15) is 0 Å². The fourth-order valence-electron chi connectivity index (χ4n) is 3.54. The van der Waals surface area contributed by atoms with Crippen molar-refractivity contribution in [3.8, 4) is 0 Å². The SMILES string of the molecule is CCCCOC(=O)C1=C(C)NC(C)=C(C(=O)OCCCC)C1c1cc(Cl)ccc1[N+](=O)[O-]. The number of esters is 2. The van der Waals surface area contributed by atoms with Crippen LogP contribution in [0, 0.1) is 10.1 Å². The summed E-state index contributed by atoms with van der Waals surface area (Å²) >= 11 is 6.17. The fourth-order valence-corrected chi connectivity index (χ4v) is 3.72. The molecule has 32 heavy (non-hydrogen) atoms. The molecule has 0 atom stereocenters. The zero-order valence-electron chi connectivity index (χ0n) is 18.8. The lowest BCUT2D eigenvalue weighted by Crippen LogP contribution is -2.33. The van der Waals surface area contributed by atoms with Gasteiger partial charge in [0.1, 0.15) is 0 Å². The van der Waals surface area contributed by atoms with E-state index in [1.54, 1.807) is 13.8 Å². The minimum absolute atomic E-state index is 0.125. The number of dihydropyridines is 1. The first-order valence-electron chi connectivity index (χ1n) is 10.7. The van der Waals surface area contributed by atoms with Gasteiger partial charge in [-0.25, -0.2) is 9.59 Å². The number of carbonyl (C=O) groups is 2. The van der Waals surface area contributed by atoms with E-state index in [-0.39, 0.29) is 40.6 Å². The minimum atomic E-state index is -1.06. The summed E-state index contributed by atoms with van der Waals surface area (Å²) in [4.78, 5) is 37.4. The van der Waals surface area contributed by atoms with Crippen molar-refractivity contribution in [2.45, 2.75) is 59.3 Å². The van der Waals surface area contributed by atoms with Crippen LogP contribution in [0.15, 0.2) is 40.7 Å². The lowest BCUT2D eigenvalue weighted by molar-refractivity contribution is -0.385. The van der Waals surface area contributed by atoms with Gasteiger partial charge in [0.05, 0.1) is 35.2 Å². The van der Waals surface area contributed by atoms with Crippen molar-refractivity contribution in [1.29, 1.82) is 0 Å². The smallest absolute Gasteiger partial charge is 0.336 e. The summed E-state index contributed by atoms with van der Waals surface area (Å²) < 4.78 is 10.8. The van der Waals surface area contributed by atoms with Crippen LogP contribution in [0.25, 0.3) is 0 Å². The summed E-state index contributed by atoms with van der Waals surface area (Å²) in [5.41, 5.74) is 1.04. The Morgan fingerprint density at radius 1 is 1.03 bits per heavy atom. The van der Waals surface area contributed by atoms with Crippen LogP contribution in [0.3, 0.4) is 0 Å². The molecule has 1 aromatic rings. The van der Waals surface area contributed by atoms with Crippen LogP contribution in [0.1, 0.15) is 64.9 Å². The van der Waals surface area contributed by atoms with Crippen molar-refractivity contribution in [1.82, 2.24) is 5.32 Å². The largest absolute Gasteiger partial charge is 0.462 e. The van der Waals surface area contributed by atoms with Gasteiger partial charge in [-0.15, -0.1) is 0 Å². The monoisotopic (exact) mass is 464 g/mol. The van der Waals surface area contributed by atoms with Crippen molar-refractivity contribution < 1.29 is 24.0 Å². The first-order valence-corrected chi connectivity index (χ1v) is 11.1.